The number of amides is 1. The highest BCUT2D eigenvalue weighted by Gasteiger charge is 2.19. The van der Waals surface area contributed by atoms with Gasteiger partial charge in [-0.1, -0.05) is 0 Å². The van der Waals surface area contributed by atoms with Crippen molar-refractivity contribution < 1.29 is 23.5 Å². The summed E-state index contributed by atoms with van der Waals surface area (Å²) in [6, 6.07) is 0. The SMILES string of the molecule is CN(OCCOCC[18F])C(=O)OC(C)(C)C. The normalized spacial score (nSPS) is 11.3. The molecule has 6 heteroatoms. The van der Waals surface area contributed by atoms with Crippen LogP contribution in [0.15, 0.2) is 0 Å². The zero-order chi connectivity index (χ0) is 12.6. The van der Waals surface area contributed by atoms with E-state index in [1.54, 1.807) is 20.8 Å². The standard InChI is InChI=1S/C10H20FNO4/c1-10(2,3)16-9(13)12(4)15-8-7-14-6-5-11/h5-8H2,1-4H3/i11-1. The summed E-state index contributed by atoms with van der Waals surface area (Å²) in [6.07, 6.45) is -0.571. The predicted molar refractivity (Wildman–Crippen MR) is 56.7 cm³/mol. The van der Waals surface area contributed by atoms with Gasteiger partial charge in [-0.05, 0) is 20.8 Å². The third-order valence-electron chi connectivity index (χ3n) is 1.38. The largest absolute Gasteiger partial charge is 0.442 e. The predicted octanol–water partition coefficient (Wildman–Crippen LogP) is 1.77. The summed E-state index contributed by atoms with van der Waals surface area (Å²) >= 11 is 0. The Morgan fingerprint density at radius 3 is 2.38 bits per heavy atom. The fourth-order valence-electron chi connectivity index (χ4n) is 0.769. The number of carbonyl (C=O) groups excluding carboxylic acids is 1. The van der Waals surface area contributed by atoms with Gasteiger partial charge in [0.1, 0.15) is 12.3 Å². The molecule has 0 saturated carbocycles. The molecule has 0 unspecified atom stereocenters. The van der Waals surface area contributed by atoms with E-state index in [-0.39, 0.29) is 19.8 Å². The Morgan fingerprint density at radius 2 is 1.88 bits per heavy atom. The molecule has 0 fully saturated rings. The average molecular weight is 236 g/mol. The van der Waals surface area contributed by atoms with E-state index in [1.807, 2.05) is 0 Å². The molecule has 0 aromatic rings. The molecule has 0 aliphatic heterocycles. The lowest BCUT2D eigenvalue weighted by molar-refractivity contribution is -0.142. The quantitative estimate of drug-likeness (QED) is 0.521. The summed E-state index contributed by atoms with van der Waals surface area (Å²) in [4.78, 5) is 16.4. The highest BCUT2D eigenvalue weighted by Crippen LogP contribution is 2.08. The van der Waals surface area contributed by atoms with Gasteiger partial charge >= 0.3 is 6.09 Å². The smallest absolute Gasteiger partial charge is 0.434 e. The number of ether oxygens (including phenoxy) is 2. The van der Waals surface area contributed by atoms with E-state index in [0.29, 0.717) is 0 Å². The molecule has 5 nitrogen and oxygen atoms in total. The Bertz CT molecular complexity index is 205. The highest BCUT2D eigenvalue weighted by atomic mass is 18.2. The Labute approximate surface area is 95.4 Å². The monoisotopic (exact) mass is 236 g/mol. The summed E-state index contributed by atoms with van der Waals surface area (Å²) < 4.78 is 21.5. The molecule has 0 aliphatic carbocycles. The van der Waals surface area contributed by atoms with Crippen LogP contribution in [-0.4, -0.2) is 50.3 Å². The Balaban J connectivity index is 3.64. The minimum atomic E-state index is -0.571. The lowest BCUT2D eigenvalue weighted by Gasteiger charge is -2.23. The maximum absolute atomic E-state index is 11.6. The van der Waals surface area contributed by atoms with E-state index < -0.39 is 18.4 Å². The van der Waals surface area contributed by atoms with Gasteiger partial charge in [0.25, 0.3) is 0 Å². The molecular weight excluding hydrogens is 216 g/mol. The average Bonchev–Trinajstić information content (AvgIpc) is 2.14. The van der Waals surface area contributed by atoms with Crippen LogP contribution in [0.1, 0.15) is 20.8 Å². The second kappa shape index (κ2) is 7.40. The zero-order valence-corrected chi connectivity index (χ0v) is 10.3. The molecule has 0 aromatic carbocycles. The van der Waals surface area contributed by atoms with E-state index in [1.165, 1.54) is 7.05 Å². The fraction of sp³-hybridized carbons (Fsp3) is 0.900. The molecule has 0 heterocycles. The molecular formula is C10H20FNO4. The molecule has 0 aromatic heterocycles. The molecule has 0 saturated heterocycles. The first-order valence-corrected chi connectivity index (χ1v) is 5.10. The Morgan fingerprint density at radius 1 is 1.25 bits per heavy atom. The minimum absolute atomic E-state index is 0.0412. The Kier molecular flexibility index (Phi) is 7.00. The van der Waals surface area contributed by atoms with Crippen molar-refractivity contribution in [1.29, 1.82) is 0 Å². The molecule has 96 valence electrons. The number of rotatable bonds is 6. The van der Waals surface area contributed by atoms with Gasteiger partial charge in [0.05, 0.1) is 19.8 Å². The van der Waals surface area contributed by atoms with Crippen LogP contribution in [0, 0.1) is 0 Å². The topological polar surface area (TPSA) is 48.0 Å². The lowest BCUT2D eigenvalue weighted by Crippen LogP contribution is -2.35. The molecule has 16 heavy (non-hydrogen) atoms. The number of hydrogen-bond donors (Lipinski definition) is 0. The van der Waals surface area contributed by atoms with Crippen molar-refractivity contribution in [2.24, 2.45) is 0 Å². The van der Waals surface area contributed by atoms with Gasteiger partial charge in [-0.25, -0.2) is 9.18 Å². The molecule has 0 bridgehead atoms. The van der Waals surface area contributed by atoms with Crippen LogP contribution < -0.4 is 0 Å². The van der Waals surface area contributed by atoms with Crippen LogP contribution in [0.3, 0.4) is 0 Å². The molecule has 0 radical (unpaired) electrons. The van der Waals surface area contributed by atoms with Crippen LogP contribution in [0.4, 0.5) is 9.18 Å². The molecule has 0 rings (SSSR count). The van der Waals surface area contributed by atoms with Crippen molar-refractivity contribution in [3.05, 3.63) is 0 Å². The number of carbonyl (C=O) groups is 1. The Hall–Kier alpha value is -0.880. The van der Waals surface area contributed by atoms with Gasteiger partial charge in [-0.15, -0.1) is 0 Å². The van der Waals surface area contributed by atoms with E-state index in [2.05, 4.69) is 0 Å². The molecule has 1 amide bonds. The van der Waals surface area contributed by atoms with Crippen molar-refractivity contribution in [1.82, 2.24) is 5.06 Å². The number of halogens is 1. The fourth-order valence-corrected chi connectivity index (χ4v) is 0.769. The van der Waals surface area contributed by atoms with Crippen LogP contribution in [0.5, 0.6) is 0 Å². The van der Waals surface area contributed by atoms with Crippen LogP contribution in [-0.2, 0) is 14.3 Å². The second-order valence-corrected chi connectivity index (χ2v) is 4.11. The number of hydrogen-bond acceptors (Lipinski definition) is 4. The van der Waals surface area contributed by atoms with E-state index in [9.17, 15) is 9.18 Å². The summed E-state index contributed by atoms with van der Waals surface area (Å²) in [6.45, 7) is 5.23. The minimum Gasteiger partial charge on any atom is -0.442 e. The van der Waals surface area contributed by atoms with Crippen LogP contribution in [0.25, 0.3) is 0 Å². The number of hydroxylamine groups is 2. The van der Waals surface area contributed by atoms with Crippen molar-refractivity contribution in [2.75, 3.05) is 33.5 Å². The van der Waals surface area contributed by atoms with Crippen molar-refractivity contribution >= 4 is 6.09 Å². The van der Waals surface area contributed by atoms with Crippen molar-refractivity contribution in [3.63, 3.8) is 0 Å². The summed E-state index contributed by atoms with van der Waals surface area (Å²) in [5.41, 5.74) is -0.556. The van der Waals surface area contributed by atoms with Gasteiger partial charge in [-0.2, -0.15) is 5.06 Å². The zero-order valence-electron chi connectivity index (χ0n) is 10.3. The highest BCUT2D eigenvalue weighted by molar-refractivity contribution is 5.66. The van der Waals surface area contributed by atoms with E-state index in [0.717, 1.165) is 5.06 Å². The lowest BCUT2D eigenvalue weighted by atomic mass is 10.2. The number of nitrogens with zero attached hydrogens (tertiary/aromatic N) is 1. The van der Waals surface area contributed by atoms with Crippen LogP contribution >= 0.6 is 0 Å². The van der Waals surface area contributed by atoms with E-state index >= 15 is 0 Å². The molecule has 0 spiro atoms. The third-order valence-corrected chi connectivity index (χ3v) is 1.38. The van der Waals surface area contributed by atoms with E-state index in [4.69, 9.17) is 14.3 Å². The first-order chi connectivity index (χ1) is 7.37. The van der Waals surface area contributed by atoms with Crippen molar-refractivity contribution in [3.8, 4) is 0 Å². The summed E-state index contributed by atoms with van der Waals surface area (Å²) in [7, 11) is 1.45. The van der Waals surface area contributed by atoms with Gasteiger partial charge in [0, 0.05) is 7.05 Å². The third kappa shape index (κ3) is 8.43. The van der Waals surface area contributed by atoms with Gasteiger partial charge in [0.15, 0.2) is 0 Å². The maximum atomic E-state index is 11.6. The second-order valence-electron chi connectivity index (χ2n) is 4.11. The van der Waals surface area contributed by atoms with Gasteiger partial charge in [0.2, 0.25) is 0 Å². The van der Waals surface area contributed by atoms with Crippen LogP contribution in [0.2, 0.25) is 0 Å². The first kappa shape index (κ1) is 15.1. The number of alkyl halides is 1. The summed E-state index contributed by atoms with van der Waals surface area (Å²) in [5.74, 6) is 0. The van der Waals surface area contributed by atoms with Crippen molar-refractivity contribution in [2.45, 2.75) is 26.4 Å². The maximum Gasteiger partial charge on any atom is 0.434 e. The molecule has 0 atom stereocenters. The molecule has 0 aliphatic rings. The summed E-state index contributed by atoms with van der Waals surface area (Å²) in [5, 5.41) is 0.990. The first-order valence-electron chi connectivity index (χ1n) is 5.10. The molecule has 0 N–H and O–H groups in total. The van der Waals surface area contributed by atoms with Gasteiger partial charge in [-0.3, -0.25) is 4.84 Å². The van der Waals surface area contributed by atoms with Gasteiger partial charge < -0.3 is 9.47 Å².